The third kappa shape index (κ3) is 4.07. The van der Waals surface area contributed by atoms with E-state index in [1.807, 2.05) is 32.0 Å². The van der Waals surface area contributed by atoms with E-state index >= 15 is 0 Å². The number of aliphatic hydroxyl groups is 1. The van der Waals surface area contributed by atoms with E-state index in [2.05, 4.69) is 10.6 Å². The number of hydrogen-bond donors (Lipinski definition) is 3. The molecule has 0 heterocycles. The summed E-state index contributed by atoms with van der Waals surface area (Å²) in [6.07, 6.45) is 0. The highest BCUT2D eigenvalue weighted by molar-refractivity contribution is 6.08. The predicted octanol–water partition coefficient (Wildman–Crippen LogP) is 3.25. The second-order valence-electron chi connectivity index (χ2n) is 5.15. The Morgan fingerprint density at radius 1 is 1.10 bits per heavy atom. The van der Waals surface area contributed by atoms with Gasteiger partial charge in [-0.3, -0.25) is 4.79 Å². The van der Waals surface area contributed by atoms with Crippen LogP contribution in [-0.4, -0.2) is 17.1 Å². The molecule has 0 aromatic heterocycles. The number of aliphatic hydroxyl groups excluding tert-OH is 1. The van der Waals surface area contributed by atoms with Crippen molar-refractivity contribution in [3.63, 3.8) is 0 Å². The molecule has 2 rings (SSSR count). The monoisotopic (exact) mass is 284 g/mol. The minimum absolute atomic E-state index is 0.00459. The van der Waals surface area contributed by atoms with Crippen molar-refractivity contribution in [2.24, 2.45) is 0 Å². The molecule has 0 saturated heterocycles. The Kier molecular flexibility index (Phi) is 4.95. The van der Waals surface area contributed by atoms with E-state index in [1.54, 1.807) is 30.3 Å². The van der Waals surface area contributed by atoms with Gasteiger partial charge in [0.05, 0.1) is 12.2 Å². The number of anilines is 2. The first-order valence-electron chi connectivity index (χ1n) is 6.97. The van der Waals surface area contributed by atoms with Crippen LogP contribution in [0.2, 0.25) is 0 Å². The van der Waals surface area contributed by atoms with E-state index in [4.69, 9.17) is 5.11 Å². The summed E-state index contributed by atoms with van der Waals surface area (Å²) >= 11 is 0. The average molecular weight is 284 g/mol. The van der Waals surface area contributed by atoms with Crippen LogP contribution in [0.5, 0.6) is 0 Å². The molecule has 0 saturated carbocycles. The molecule has 0 aliphatic rings. The van der Waals surface area contributed by atoms with Gasteiger partial charge in [0, 0.05) is 17.4 Å². The molecule has 4 heteroatoms. The van der Waals surface area contributed by atoms with Crippen molar-refractivity contribution in [3.8, 4) is 0 Å². The Hall–Kier alpha value is -2.33. The molecular weight excluding hydrogens is 264 g/mol. The Balaban J connectivity index is 2.16. The number of para-hydroxylation sites is 1. The molecule has 0 fully saturated rings. The summed E-state index contributed by atoms with van der Waals surface area (Å²) in [7, 11) is 0. The first-order chi connectivity index (χ1) is 10.1. The topological polar surface area (TPSA) is 61.4 Å². The Labute approximate surface area is 124 Å². The molecule has 110 valence electrons. The molecule has 3 N–H and O–H groups in total. The molecule has 0 atom stereocenters. The van der Waals surface area contributed by atoms with Gasteiger partial charge < -0.3 is 15.7 Å². The van der Waals surface area contributed by atoms with Crippen LogP contribution >= 0.6 is 0 Å². The maximum absolute atomic E-state index is 12.4. The maximum atomic E-state index is 12.4. The highest BCUT2D eigenvalue weighted by atomic mass is 16.3. The minimum Gasteiger partial charge on any atom is -0.392 e. The van der Waals surface area contributed by atoms with Crippen LogP contribution in [0.4, 0.5) is 11.4 Å². The Bertz CT molecular complexity index is 606. The van der Waals surface area contributed by atoms with Crippen LogP contribution in [0.15, 0.2) is 48.5 Å². The lowest BCUT2D eigenvalue weighted by molar-refractivity contribution is 0.102. The van der Waals surface area contributed by atoms with Crippen LogP contribution in [0.25, 0.3) is 0 Å². The van der Waals surface area contributed by atoms with Gasteiger partial charge in [-0.05, 0) is 43.7 Å². The molecular formula is C17H20N2O2. The summed E-state index contributed by atoms with van der Waals surface area (Å²) in [5, 5.41) is 15.1. The van der Waals surface area contributed by atoms with Gasteiger partial charge in [-0.25, -0.2) is 0 Å². The van der Waals surface area contributed by atoms with E-state index < -0.39 is 0 Å². The molecule has 2 aromatic carbocycles. The first-order valence-corrected chi connectivity index (χ1v) is 6.97. The van der Waals surface area contributed by atoms with E-state index in [0.29, 0.717) is 11.3 Å². The summed E-state index contributed by atoms with van der Waals surface area (Å²) in [6.45, 7) is 4.06. The number of hydrogen-bond acceptors (Lipinski definition) is 3. The first kappa shape index (κ1) is 15.1. The molecule has 4 nitrogen and oxygen atoms in total. The Morgan fingerprint density at radius 2 is 1.76 bits per heavy atom. The van der Waals surface area contributed by atoms with Crippen molar-refractivity contribution >= 4 is 17.3 Å². The second-order valence-corrected chi connectivity index (χ2v) is 5.15. The quantitative estimate of drug-likeness (QED) is 0.790. The minimum atomic E-state index is -0.157. The predicted molar refractivity (Wildman–Crippen MR) is 85.5 cm³/mol. The van der Waals surface area contributed by atoms with Crippen molar-refractivity contribution in [2.75, 3.05) is 10.6 Å². The second kappa shape index (κ2) is 6.90. The molecule has 0 aliphatic carbocycles. The molecule has 0 spiro atoms. The summed E-state index contributed by atoms with van der Waals surface area (Å²) in [5.74, 6) is -0.157. The van der Waals surface area contributed by atoms with Gasteiger partial charge in [0.1, 0.15) is 0 Å². The van der Waals surface area contributed by atoms with Crippen LogP contribution in [-0.2, 0) is 6.61 Å². The van der Waals surface area contributed by atoms with Gasteiger partial charge in [-0.1, -0.05) is 24.3 Å². The summed E-state index contributed by atoms with van der Waals surface area (Å²) in [6, 6.07) is 14.8. The highest BCUT2D eigenvalue weighted by Gasteiger charge is 2.11. The number of carbonyl (C=O) groups is 1. The van der Waals surface area contributed by atoms with Gasteiger partial charge in [0.15, 0.2) is 0 Å². The lowest BCUT2D eigenvalue weighted by Crippen LogP contribution is -2.17. The van der Waals surface area contributed by atoms with Crippen LogP contribution < -0.4 is 10.6 Å². The largest absolute Gasteiger partial charge is 0.392 e. The van der Waals surface area contributed by atoms with Gasteiger partial charge in [-0.2, -0.15) is 0 Å². The van der Waals surface area contributed by atoms with Crippen LogP contribution in [0.3, 0.4) is 0 Å². The summed E-state index contributed by atoms with van der Waals surface area (Å²) in [4.78, 5) is 12.4. The lowest BCUT2D eigenvalue weighted by atomic mass is 10.1. The molecule has 2 aromatic rings. The third-order valence-corrected chi connectivity index (χ3v) is 3.01. The zero-order chi connectivity index (χ0) is 15.2. The zero-order valence-corrected chi connectivity index (χ0v) is 12.3. The molecule has 21 heavy (non-hydrogen) atoms. The van der Waals surface area contributed by atoms with Crippen LogP contribution in [0.1, 0.15) is 29.8 Å². The fourth-order valence-corrected chi connectivity index (χ4v) is 2.01. The molecule has 1 amide bonds. The standard InChI is InChI=1S/C17H20N2O2/c1-12(2)18-16-6-4-3-5-15(16)17(21)19-14-9-7-13(11-20)8-10-14/h3-10,12,18,20H,11H2,1-2H3,(H,19,21). The van der Waals surface area contributed by atoms with E-state index in [0.717, 1.165) is 11.3 Å². The molecule has 0 aliphatic heterocycles. The highest BCUT2D eigenvalue weighted by Crippen LogP contribution is 2.18. The Morgan fingerprint density at radius 3 is 2.38 bits per heavy atom. The zero-order valence-electron chi connectivity index (χ0n) is 12.3. The van der Waals surface area contributed by atoms with Crippen molar-refractivity contribution in [3.05, 3.63) is 59.7 Å². The molecule has 0 radical (unpaired) electrons. The van der Waals surface area contributed by atoms with E-state index in [-0.39, 0.29) is 18.6 Å². The van der Waals surface area contributed by atoms with E-state index in [9.17, 15) is 4.79 Å². The fraction of sp³-hybridized carbons (Fsp3) is 0.235. The molecule has 0 bridgehead atoms. The fourth-order valence-electron chi connectivity index (χ4n) is 2.01. The molecule has 0 unspecified atom stereocenters. The SMILES string of the molecule is CC(C)Nc1ccccc1C(=O)Nc1ccc(CO)cc1. The number of rotatable bonds is 5. The average Bonchev–Trinajstić information content (AvgIpc) is 2.48. The van der Waals surface area contributed by atoms with Crippen molar-refractivity contribution in [2.45, 2.75) is 26.5 Å². The van der Waals surface area contributed by atoms with E-state index in [1.165, 1.54) is 0 Å². The van der Waals surface area contributed by atoms with Crippen molar-refractivity contribution in [1.82, 2.24) is 0 Å². The van der Waals surface area contributed by atoms with Gasteiger partial charge in [0.2, 0.25) is 0 Å². The smallest absolute Gasteiger partial charge is 0.257 e. The maximum Gasteiger partial charge on any atom is 0.257 e. The lowest BCUT2D eigenvalue weighted by Gasteiger charge is -2.14. The number of benzene rings is 2. The van der Waals surface area contributed by atoms with Gasteiger partial charge in [0.25, 0.3) is 5.91 Å². The summed E-state index contributed by atoms with van der Waals surface area (Å²) < 4.78 is 0. The number of amides is 1. The normalized spacial score (nSPS) is 10.5. The van der Waals surface area contributed by atoms with Crippen molar-refractivity contribution < 1.29 is 9.90 Å². The van der Waals surface area contributed by atoms with Crippen LogP contribution in [0, 0.1) is 0 Å². The number of nitrogens with one attached hydrogen (secondary N) is 2. The number of carbonyl (C=O) groups excluding carboxylic acids is 1. The van der Waals surface area contributed by atoms with Crippen molar-refractivity contribution in [1.29, 1.82) is 0 Å². The van der Waals surface area contributed by atoms with Gasteiger partial charge >= 0.3 is 0 Å². The van der Waals surface area contributed by atoms with Gasteiger partial charge in [-0.15, -0.1) is 0 Å². The summed E-state index contributed by atoms with van der Waals surface area (Å²) in [5.41, 5.74) is 2.95. The third-order valence-electron chi connectivity index (χ3n) is 3.01.